The zero-order valence-corrected chi connectivity index (χ0v) is 15.7. The number of nitrogens with one attached hydrogen (secondary N) is 1. The Balaban J connectivity index is 2.39. The van der Waals surface area contributed by atoms with E-state index in [4.69, 9.17) is 26.3 Å². The quantitative estimate of drug-likeness (QED) is 0.790. The van der Waals surface area contributed by atoms with Gasteiger partial charge in [-0.15, -0.1) is 0 Å². The molecule has 1 aromatic carbocycles. The Labute approximate surface area is 159 Å². The Hall–Kier alpha value is -3.25. The third kappa shape index (κ3) is 4.12. The molecule has 10 heteroatoms. The lowest BCUT2D eigenvalue weighted by atomic mass is 10.2. The van der Waals surface area contributed by atoms with Crippen molar-refractivity contribution in [3.8, 4) is 17.6 Å². The van der Waals surface area contributed by atoms with Crippen molar-refractivity contribution in [2.45, 2.75) is 20.0 Å². The molecule has 0 aliphatic rings. The smallest absolute Gasteiger partial charge is 0.331 e. The normalized spacial score (nSPS) is 10.2. The predicted octanol–water partition coefficient (Wildman–Crippen LogP) is 1.21. The fourth-order valence-electron chi connectivity index (χ4n) is 2.39. The van der Waals surface area contributed by atoms with Crippen LogP contribution >= 0.6 is 11.6 Å². The van der Waals surface area contributed by atoms with E-state index in [-0.39, 0.29) is 28.6 Å². The number of nitrogens with zero attached hydrogens (tertiary/aromatic N) is 3. The van der Waals surface area contributed by atoms with E-state index in [0.29, 0.717) is 10.3 Å². The number of halogens is 1. The van der Waals surface area contributed by atoms with Crippen molar-refractivity contribution in [2.24, 2.45) is 0 Å². The summed E-state index contributed by atoms with van der Waals surface area (Å²) in [5, 5.41) is 11.9. The lowest BCUT2D eigenvalue weighted by Gasteiger charge is -2.14. The minimum atomic E-state index is -0.831. The van der Waals surface area contributed by atoms with Crippen LogP contribution in [0.25, 0.3) is 0 Å². The van der Waals surface area contributed by atoms with E-state index in [2.05, 4.69) is 5.32 Å². The number of anilines is 1. The van der Waals surface area contributed by atoms with Gasteiger partial charge in [0.25, 0.3) is 5.56 Å². The molecule has 1 N–H and O–H groups in total. The van der Waals surface area contributed by atoms with Crippen molar-refractivity contribution in [1.82, 2.24) is 9.13 Å². The van der Waals surface area contributed by atoms with Crippen LogP contribution in [0.15, 0.2) is 27.9 Å². The lowest BCUT2D eigenvalue weighted by Crippen LogP contribution is -2.43. The van der Waals surface area contributed by atoms with Crippen LogP contribution in [0.1, 0.15) is 12.5 Å². The van der Waals surface area contributed by atoms with E-state index in [0.717, 1.165) is 0 Å². The van der Waals surface area contributed by atoms with Crippen LogP contribution in [-0.4, -0.2) is 29.3 Å². The van der Waals surface area contributed by atoms with Crippen molar-refractivity contribution >= 4 is 23.2 Å². The summed E-state index contributed by atoms with van der Waals surface area (Å²) >= 11 is 6.02. The van der Waals surface area contributed by atoms with Crippen LogP contribution in [0.5, 0.6) is 11.5 Å². The average molecular weight is 393 g/mol. The first-order valence-corrected chi connectivity index (χ1v) is 8.19. The molecule has 1 heterocycles. The van der Waals surface area contributed by atoms with Gasteiger partial charge in [-0.1, -0.05) is 11.6 Å². The number of hydrogen-bond acceptors (Lipinski definition) is 6. The van der Waals surface area contributed by atoms with Gasteiger partial charge in [0.05, 0.1) is 24.9 Å². The molecule has 2 aromatic rings. The number of methoxy groups -OCH3 is 2. The monoisotopic (exact) mass is 392 g/mol. The summed E-state index contributed by atoms with van der Waals surface area (Å²) in [4.78, 5) is 37.0. The first-order chi connectivity index (χ1) is 12.9. The van der Waals surface area contributed by atoms with Crippen LogP contribution in [0.2, 0.25) is 5.02 Å². The van der Waals surface area contributed by atoms with Gasteiger partial charge in [0.2, 0.25) is 5.91 Å². The fourth-order valence-corrected chi connectivity index (χ4v) is 2.62. The standard InChI is InChI=1S/C17H17ClN4O5/c1-4-21-8-10(7-19)16(24)22(17(21)25)9-15(23)20-12-6-13(26-2)11(18)5-14(12)27-3/h5-6,8H,4,9H2,1-3H3,(H,20,23). The number of ether oxygens (including phenoxy) is 2. The molecule has 0 unspecified atom stereocenters. The van der Waals surface area contributed by atoms with E-state index < -0.39 is 23.7 Å². The predicted molar refractivity (Wildman–Crippen MR) is 98.5 cm³/mol. The number of aromatic nitrogens is 2. The number of amides is 1. The highest BCUT2D eigenvalue weighted by molar-refractivity contribution is 6.32. The molecule has 1 amide bonds. The molecular weight excluding hydrogens is 376 g/mol. The van der Waals surface area contributed by atoms with Crippen molar-refractivity contribution in [3.63, 3.8) is 0 Å². The third-order valence-corrected chi connectivity index (χ3v) is 4.04. The summed E-state index contributed by atoms with van der Waals surface area (Å²) in [6.45, 7) is 1.36. The Morgan fingerprint density at radius 1 is 1.26 bits per heavy atom. The largest absolute Gasteiger partial charge is 0.495 e. The Morgan fingerprint density at radius 3 is 2.48 bits per heavy atom. The maximum Gasteiger partial charge on any atom is 0.331 e. The molecule has 142 valence electrons. The molecule has 0 saturated carbocycles. The summed E-state index contributed by atoms with van der Waals surface area (Å²) in [6.07, 6.45) is 1.17. The van der Waals surface area contributed by atoms with E-state index in [1.54, 1.807) is 13.0 Å². The van der Waals surface area contributed by atoms with Crippen LogP contribution in [0, 0.1) is 11.3 Å². The van der Waals surface area contributed by atoms with E-state index >= 15 is 0 Å². The first-order valence-electron chi connectivity index (χ1n) is 7.82. The van der Waals surface area contributed by atoms with Gasteiger partial charge >= 0.3 is 5.69 Å². The first kappa shape index (κ1) is 20.1. The van der Waals surface area contributed by atoms with Crippen LogP contribution in [0.4, 0.5) is 5.69 Å². The molecule has 0 bridgehead atoms. The highest BCUT2D eigenvalue weighted by atomic mass is 35.5. The molecule has 2 rings (SSSR count). The maximum atomic E-state index is 12.4. The molecule has 9 nitrogen and oxygen atoms in total. The lowest BCUT2D eigenvalue weighted by molar-refractivity contribution is -0.116. The van der Waals surface area contributed by atoms with E-state index in [1.165, 1.54) is 37.1 Å². The Morgan fingerprint density at radius 2 is 1.93 bits per heavy atom. The maximum absolute atomic E-state index is 12.4. The summed E-state index contributed by atoms with van der Waals surface area (Å²) in [7, 11) is 2.81. The van der Waals surface area contributed by atoms with Gasteiger partial charge in [-0.3, -0.25) is 14.2 Å². The molecule has 0 fully saturated rings. The van der Waals surface area contributed by atoms with E-state index in [9.17, 15) is 14.4 Å². The SMILES string of the molecule is CCn1cc(C#N)c(=O)n(CC(=O)Nc2cc(OC)c(Cl)cc2OC)c1=O. The number of carbonyl (C=O) groups is 1. The molecule has 0 saturated heterocycles. The van der Waals surface area contributed by atoms with Gasteiger partial charge in [0.15, 0.2) is 0 Å². The van der Waals surface area contributed by atoms with Crippen molar-refractivity contribution < 1.29 is 14.3 Å². The molecule has 0 spiro atoms. The summed E-state index contributed by atoms with van der Waals surface area (Å²) in [5.74, 6) is -0.0717. The average Bonchev–Trinajstić information content (AvgIpc) is 2.66. The van der Waals surface area contributed by atoms with Gasteiger partial charge in [0, 0.05) is 24.9 Å². The minimum absolute atomic E-state index is 0.227. The summed E-state index contributed by atoms with van der Waals surface area (Å²) < 4.78 is 12.2. The third-order valence-electron chi connectivity index (χ3n) is 3.75. The second-order valence-electron chi connectivity index (χ2n) is 5.35. The minimum Gasteiger partial charge on any atom is -0.495 e. The van der Waals surface area contributed by atoms with Gasteiger partial charge in [-0.05, 0) is 6.92 Å². The fraction of sp³-hybridized carbons (Fsp3) is 0.294. The number of rotatable bonds is 6. The molecule has 0 radical (unpaired) electrons. The Kier molecular flexibility index (Phi) is 6.26. The number of nitriles is 1. The number of hydrogen-bond donors (Lipinski definition) is 1. The highest BCUT2D eigenvalue weighted by Crippen LogP contribution is 2.35. The van der Waals surface area contributed by atoms with Gasteiger partial charge in [0.1, 0.15) is 29.7 Å². The van der Waals surface area contributed by atoms with E-state index in [1.807, 2.05) is 0 Å². The Bertz CT molecular complexity index is 1040. The highest BCUT2D eigenvalue weighted by Gasteiger charge is 2.16. The molecule has 27 heavy (non-hydrogen) atoms. The number of benzene rings is 1. The molecule has 0 atom stereocenters. The number of aryl methyl sites for hydroxylation is 1. The number of carbonyl (C=O) groups excluding carboxylic acids is 1. The zero-order valence-electron chi connectivity index (χ0n) is 14.9. The second-order valence-corrected chi connectivity index (χ2v) is 5.76. The van der Waals surface area contributed by atoms with Gasteiger partial charge in [-0.2, -0.15) is 5.26 Å². The van der Waals surface area contributed by atoms with Crippen molar-refractivity contribution in [2.75, 3.05) is 19.5 Å². The molecule has 0 aliphatic carbocycles. The second kappa shape index (κ2) is 8.42. The summed E-state index contributed by atoms with van der Waals surface area (Å²) in [5.41, 5.74) is -1.49. The summed E-state index contributed by atoms with van der Waals surface area (Å²) in [6, 6.07) is 4.64. The van der Waals surface area contributed by atoms with Gasteiger partial charge in [-0.25, -0.2) is 9.36 Å². The molecular formula is C17H17ClN4O5. The topological polar surface area (TPSA) is 115 Å². The van der Waals surface area contributed by atoms with Crippen LogP contribution < -0.4 is 26.0 Å². The molecule has 0 aliphatic heterocycles. The van der Waals surface area contributed by atoms with Crippen LogP contribution in [-0.2, 0) is 17.9 Å². The van der Waals surface area contributed by atoms with Crippen LogP contribution in [0.3, 0.4) is 0 Å². The molecule has 1 aromatic heterocycles. The van der Waals surface area contributed by atoms with Crippen molar-refractivity contribution in [1.29, 1.82) is 5.26 Å². The van der Waals surface area contributed by atoms with Gasteiger partial charge < -0.3 is 14.8 Å². The van der Waals surface area contributed by atoms with Crippen molar-refractivity contribution in [3.05, 3.63) is 49.8 Å². The zero-order chi connectivity index (χ0) is 20.1.